The lowest BCUT2D eigenvalue weighted by Gasteiger charge is -2.32. The van der Waals surface area contributed by atoms with Crippen molar-refractivity contribution in [2.24, 2.45) is 0 Å². The summed E-state index contributed by atoms with van der Waals surface area (Å²) in [5.41, 5.74) is 2.06. The Kier molecular flexibility index (Phi) is 5.43. The van der Waals surface area contributed by atoms with Gasteiger partial charge in [-0.3, -0.25) is 9.78 Å². The summed E-state index contributed by atoms with van der Waals surface area (Å²) in [6.07, 6.45) is 7.35. The molecule has 5 rings (SSSR count). The van der Waals surface area contributed by atoms with Crippen LogP contribution < -0.4 is 10.2 Å². The van der Waals surface area contributed by atoms with Crippen molar-refractivity contribution in [2.75, 3.05) is 36.4 Å². The smallest absolute Gasteiger partial charge is 0.266 e. The topological polar surface area (TPSA) is 74.2 Å². The Morgan fingerprint density at radius 3 is 2.41 bits per heavy atom. The number of carbonyl (C=O) groups is 1. The average Bonchev–Trinajstić information content (AvgIpc) is 3.56. The second-order valence-corrected chi connectivity index (χ2v) is 9.18. The van der Waals surface area contributed by atoms with Crippen LogP contribution >= 0.6 is 0 Å². The molecule has 0 unspecified atom stereocenters. The van der Waals surface area contributed by atoms with Crippen molar-refractivity contribution in [1.29, 1.82) is 0 Å². The molecular formula is C23H28F2N6O. The maximum atomic E-state index is 13.9. The van der Waals surface area contributed by atoms with Crippen LogP contribution in [0.1, 0.15) is 62.1 Å². The third-order valence-electron chi connectivity index (χ3n) is 6.66. The first-order chi connectivity index (χ1) is 15.4. The zero-order valence-corrected chi connectivity index (χ0v) is 18.2. The van der Waals surface area contributed by atoms with Gasteiger partial charge in [0.25, 0.3) is 5.92 Å². The molecule has 7 nitrogen and oxygen atoms in total. The van der Waals surface area contributed by atoms with E-state index < -0.39 is 5.92 Å². The maximum Gasteiger partial charge on any atom is 0.266 e. The van der Waals surface area contributed by atoms with Gasteiger partial charge in [0.15, 0.2) is 0 Å². The molecule has 2 saturated heterocycles. The molecule has 0 atom stereocenters. The van der Waals surface area contributed by atoms with E-state index in [1.54, 1.807) is 24.2 Å². The minimum Gasteiger partial charge on any atom is -0.350 e. The first kappa shape index (κ1) is 21.0. The fraction of sp³-hybridized carbons (Fsp3) is 0.565. The zero-order chi connectivity index (χ0) is 22.3. The zero-order valence-electron chi connectivity index (χ0n) is 18.2. The molecule has 0 spiro atoms. The molecule has 0 bridgehead atoms. The molecule has 1 amide bonds. The van der Waals surface area contributed by atoms with E-state index in [0.717, 1.165) is 36.9 Å². The fourth-order valence-corrected chi connectivity index (χ4v) is 4.58. The van der Waals surface area contributed by atoms with E-state index in [9.17, 15) is 13.6 Å². The molecule has 170 valence electrons. The second kappa shape index (κ2) is 8.26. The Morgan fingerprint density at radius 1 is 1.03 bits per heavy atom. The van der Waals surface area contributed by atoms with Gasteiger partial charge in [0.2, 0.25) is 5.91 Å². The molecule has 0 radical (unpaired) electrons. The van der Waals surface area contributed by atoms with Gasteiger partial charge in [-0.25, -0.2) is 18.7 Å². The SMILES string of the molecule is CC(=O)N1CCC(c2cc(Nc3cnc(C4CC4)cn3)nc(N3CCC(F)(F)C3)c2)CC1. The lowest BCUT2D eigenvalue weighted by atomic mass is 9.89. The summed E-state index contributed by atoms with van der Waals surface area (Å²) in [5.74, 6) is -0.102. The lowest BCUT2D eigenvalue weighted by Crippen LogP contribution is -2.36. The van der Waals surface area contributed by atoms with Crippen LogP contribution in [-0.4, -0.2) is 57.9 Å². The molecular weight excluding hydrogens is 414 g/mol. The largest absolute Gasteiger partial charge is 0.350 e. The molecule has 9 heteroatoms. The third kappa shape index (κ3) is 4.66. The monoisotopic (exact) mass is 442 g/mol. The van der Waals surface area contributed by atoms with Gasteiger partial charge in [-0.05, 0) is 49.3 Å². The number of likely N-dealkylation sites (tertiary alicyclic amines) is 1. The number of carbonyl (C=O) groups excluding carboxylic acids is 1. The van der Waals surface area contributed by atoms with Crippen LogP contribution in [0.15, 0.2) is 24.5 Å². The Balaban J connectivity index is 1.39. The van der Waals surface area contributed by atoms with E-state index in [2.05, 4.69) is 20.3 Å². The van der Waals surface area contributed by atoms with Crippen molar-refractivity contribution in [3.05, 3.63) is 35.8 Å². The average molecular weight is 443 g/mol. The predicted octanol–water partition coefficient (Wildman–Crippen LogP) is 4.06. The first-order valence-electron chi connectivity index (χ1n) is 11.4. The van der Waals surface area contributed by atoms with Crippen LogP contribution in [0, 0.1) is 0 Å². The number of anilines is 3. The third-order valence-corrected chi connectivity index (χ3v) is 6.66. The standard InChI is InChI=1S/C23H28F2N6O/c1-15(32)30-7-4-16(5-8-30)18-10-20(28-21-13-26-19(12-27-21)17-2-3-17)29-22(11-18)31-9-6-23(24,25)14-31/h10-13,16-17H,2-9,14H2,1H3,(H,27,28,29). The van der Waals surface area contributed by atoms with E-state index in [4.69, 9.17) is 0 Å². The van der Waals surface area contributed by atoms with Crippen LogP contribution in [-0.2, 0) is 4.79 Å². The van der Waals surface area contributed by atoms with Gasteiger partial charge in [-0.15, -0.1) is 0 Å². The second-order valence-electron chi connectivity index (χ2n) is 9.18. The predicted molar refractivity (Wildman–Crippen MR) is 118 cm³/mol. The number of piperidine rings is 1. The van der Waals surface area contributed by atoms with Crippen LogP contribution in [0.2, 0.25) is 0 Å². The highest BCUT2D eigenvalue weighted by atomic mass is 19.3. The molecule has 2 aromatic heterocycles. The normalized spacial score (nSPS) is 21.1. The molecule has 1 saturated carbocycles. The Morgan fingerprint density at radius 2 is 1.81 bits per heavy atom. The molecule has 32 heavy (non-hydrogen) atoms. The molecule has 1 N–H and O–H groups in total. The van der Waals surface area contributed by atoms with Gasteiger partial charge in [0, 0.05) is 38.9 Å². The van der Waals surface area contributed by atoms with E-state index in [-0.39, 0.29) is 31.3 Å². The van der Waals surface area contributed by atoms with Gasteiger partial charge in [-0.1, -0.05) is 0 Å². The van der Waals surface area contributed by atoms with Crippen molar-refractivity contribution >= 4 is 23.4 Å². The number of hydrogen-bond donors (Lipinski definition) is 1. The highest BCUT2D eigenvalue weighted by Crippen LogP contribution is 2.39. The molecule has 2 aliphatic heterocycles. The van der Waals surface area contributed by atoms with E-state index in [1.165, 1.54) is 0 Å². The van der Waals surface area contributed by atoms with Crippen LogP contribution in [0.4, 0.5) is 26.2 Å². The Bertz CT molecular complexity index is 986. The minimum absolute atomic E-state index is 0.0914. The number of rotatable bonds is 5. The summed E-state index contributed by atoms with van der Waals surface area (Å²) >= 11 is 0. The molecule has 1 aliphatic carbocycles. The molecule has 4 heterocycles. The number of pyridine rings is 1. The van der Waals surface area contributed by atoms with Crippen molar-refractivity contribution in [3.63, 3.8) is 0 Å². The highest BCUT2D eigenvalue weighted by Gasteiger charge is 2.39. The number of hydrogen-bond acceptors (Lipinski definition) is 6. The van der Waals surface area contributed by atoms with Gasteiger partial charge in [-0.2, -0.15) is 0 Å². The number of nitrogens with one attached hydrogen (secondary N) is 1. The number of amides is 1. The summed E-state index contributed by atoms with van der Waals surface area (Å²) in [6.45, 7) is 2.96. The van der Waals surface area contributed by atoms with E-state index in [1.807, 2.05) is 17.0 Å². The molecule has 2 aromatic rings. The fourth-order valence-electron chi connectivity index (χ4n) is 4.58. The highest BCUT2D eigenvalue weighted by molar-refractivity contribution is 5.73. The summed E-state index contributed by atoms with van der Waals surface area (Å²) in [5, 5.41) is 3.22. The van der Waals surface area contributed by atoms with Crippen molar-refractivity contribution in [3.8, 4) is 0 Å². The van der Waals surface area contributed by atoms with Crippen molar-refractivity contribution in [2.45, 2.75) is 56.8 Å². The van der Waals surface area contributed by atoms with Gasteiger partial charge in [0.1, 0.15) is 17.5 Å². The summed E-state index contributed by atoms with van der Waals surface area (Å²) in [7, 11) is 0. The lowest BCUT2D eigenvalue weighted by molar-refractivity contribution is -0.129. The van der Waals surface area contributed by atoms with Gasteiger partial charge >= 0.3 is 0 Å². The van der Waals surface area contributed by atoms with E-state index >= 15 is 0 Å². The number of aromatic nitrogens is 3. The Hall–Kier alpha value is -2.84. The summed E-state index contributed by atoms with van der Waals surface area (Å²) in [6, 6.07) is 3.91. The van der Waals surface area contributed by atoms with Crippen molar-refractivity contribution in [1.82, 2.24) is 19.9 Å². The molecule has 0 aromatic carbocycles. The minimum atomic E-state index is -2.69. The maximum absolute atomic E-state index is 13.9. The van der Waals surface area contributed by atoms with E-state index in [0.29, 0.717) is 36.5 Å². The van der Waals surface area contributed by atoms with Gasteiger partial charge in [0.05, 0.1) is 24.6 Å². The number of alkyl halides is 2. The Labute approximate surface area is 186 Å². The van der Waals surface area contributed by atoms with Gasteiger partial charge < -0.3 is 15.1 Å². The number of halogens is 2. The van der Waals surface area contributed by atoms with Crippen molar-refractivity contribution < 1.29 is 13.6 Å². The van der Waals surface area contributed by atoms with Crippen LogP contribution in [0.3, 0.4) is 0 Å². The first-order valence-corrected chi connectivity index (χ1v) is 11.4. The quantitative estimate of drug-likeness (QED) is 0.753. The summed E-state index contributed by atoms with van der Waals surface area (Å²) in [4.78, 5) is 28.8. The molecule has 3 fully saturated rings. The molecule has 3 aliphatic rings. The number of nitrogens with zero attached hydrogens (tertiary/aromatic N) is 5. The van der Waals surface area contributed by atoms with Crippen LogP contribution in [0.25, 0.3) is 0 Å². The van der Waals surface area contributed by atoms with Crippen LogP contribution in [0.5, 0.6) is 0 Å². The summed E-state index contributed by atoms with van der Waals surface area (Å²) < 4.78 is 27.7.